The summed E-state index contributed by atoms with van der Waals surface area (Å²) in [4.78, 5) is 15.4. The number of carbonyl (C=O) groups excluding carboxylic acids is 1. The van der Waals surface area contributed by atoms with E-state index >= 15 is 0 Å². The summed E-state index contributed by atoms with van der Waals surface area (Å²) in [5.74, 6) is 0.638. The fourth-order valence-electron chi connectivity index (χ4n) is 3.80. The Hall–Kier alpha value is -2.96. The third kappa shape index (κ3) is 4.96. The largest absolute Gasteiger partial charge is 0.438 e. The first-order valence-corrected chi connectivity index (χ1v) is 10.5. The zero-order chi connectivity index (χ0) is 20.8. The SMILES string of the molecule is NC(=O)c1ccc(Oc2ccc(CNCCC3CCCCO3)c3ccccc23)nc1. The van der Waals surface area contributed by atoms with E-state index in [1.807, 2.05) is 24.3 Å². The van der Waals surface area contributed by atoms with Gasteiger partial charge < -0.3 is 20.5 Å². The molecule has 1 aliphatic heterocycles. The van der Waals surface area contributed by atoms with Crippen molar-refractivity contribution in [1.29, 1.82) is 0 Å². The molecule has 6 heteroatoms. The zero-order valence-corrected chi connectivity index (χ0v) is 17.0. The first kappa shape index (κ1) is 20.3. The maximum absolute atomic E-state index is 11.2. The van der Waals surface area contributed by atoms with E-state index in [1.54, 1.807) is 12.1 Å². The molecule has 1 atom stereocenters. The van der Waals surface area contributed by atoms with Crippen LogP contribution in [0.3, 0.4) is 0 Å². The number of nitrogens with one attached hydrogen (secondary N) is 1. The van der Waals surface area contributed by atoms with Crippen LogP contribution < -0.4 is 15.8 Å². The van der Waals surface area contributed by atoms with Crippen molar-refractivity contribution in [2.24, 2.45) is 5.73 Å². The first-order valence-electron chi connectivity index (χ1n) is 10.5. The molecular formula is C24H27N3O3. The van der Waals surface area contributed by atoms with Crippen molar-refractivity contribution in [3.63, 3.8) is 0 Å². The standard InChI is InChI=1S/C24H27N3O3/c25-24(28)18-9-11-23(27-16-18)30-22-10-8-17(20-6-1-2-7-21(20)22)15-26-13-12-19-5-3-4-14-29-19/h1-2,6-11,16,19,26H,3-5,12-15H2,(H2,25,28). The smallest absolute Gasteiger partial charge is 0.250 e. The van der Waals surface area contributed by atoms with Gasteiger partial charge in [-0.25, -0.2) is 4.98 Å². The summed E-state index contributed by atoms with van der Waals surface area (Å²) in [6, 6.07) is 15.5. The molecule has 1 fully saturated rings. The number of nitrogens with two attached hydrogens (primary N) is 1. The number of hydrogen-bond acceptors (Lipinski definition) is 5. The van der Waals surface area contributed by atoms with Crippen LogP contribution in [0.5, 0.6) is 11.6 Å². The Labute approximate surface area is 176 Å². The van der Waals surface area contributed by atoms with Crippen molar-refractivity contribution in [2.75, 3.05) is 13.2 Å². The van der Waals surface area contributed by atoms with Gasteiger partial charge in [-0.1, -0.05) is 30.3 Å². The van der Waals surface area contributed by atoms with Crippen LogP contribution in [0, 0.1) is 0 Å². The molecule has 0 aliphatic carbocycles. The van der Waals surface area contributed by atoms with E-state index in [0.717, 1.165) is 42.6 Å². The Kier molecular flexibility index (Phi) is 6.57. The highest BCUT2D eigenvalue weighted by atomic mass is 16.5. The molecule has 3 N–H and O–H groups in total. The zero-order valence-electron chi connectivity index (χ0n) is 17.0. The molecule has 0 radical (unpaired) electrons. The van der Waals surface area contributed by atoms with Crippen LogP contribution in [0.2, 0.25) is 0 Å². The van der Waals surface area contributed by atoms with E-state index in [0.29, 0.717) is 17.5 Å². The maximum atomic E-state index is 11.2. The normalized spacial score (nSPS) is 16.5. The number of ether oxygens (including phenoxy) is 2. The van der Waals surface area contributed by atoms with Crippen molar-refractivity contribution in [1.82, 2.24) is 10.3 Å². The second-order valence-corrected chi connectivity index (χ2v) is 7.57. The number of fused-ring (bicyclic) bond motifs is 1. The summed E-state index contributed by atoms with van der Waals surface area (Å²) < 4.78 is 11.8. The van der Waals surface area contributed by atoms with Gasteiger partial charge in [0.05, 0.1) is 11.7 Å². The van der Waals surface area contributed by atoms with Gasteiger partial charge in [0, 0.05) is 30.8 Å². The van der Waals surface area contributed by atoms with Gasteiger partial charge in [0.15, 0.2) is 0 Å². The van der Waals surface area contributed by atoms with Crippen LogP contribution in [-0.2, 0) is 11.3 Å². The molecule has 0 saturated carbocycles. The van der Waals surface area contributed by atoms with E-state index in [9.17, 15) is 4.79 Å². The number of hydrogen-bond donors (Lipinski definition) is 2. The van der Waals surface area contributed by atoms with Crippen molar-refractivity contribution in [3.05, 3.63) is 65.9 Å². The van der Waals surface area contributed by atoms with Crippen molar-refractivity contribution >= 4 is 16.7 Å². The molecule has 1 aliphatic rings. The summed E-state index contributed by atoms with van der Waals surface area (Å²) in [6.07, 6.45) is 6.50. The second-order valence-electron chi connectivity index (χ2n) is 7.57. The van der Waals surface area contributed by atoms with Crippen molar-refractivity contribution in [2.45, 2.75) is 38.3 Å². The minimum absolute atomic E-state index is 0.354. The number of aromatic nitrogens is 1. The molecule has 1 amide bonds. The van der Waals surface area contributed by atoms with Crippen LogP contribution in [0.15, 0.2) is 54.7 Å². The molecule has 4 rings (SSSR count). The lowest BCUT2D eigenvalue weighted by Crippen LogP contribution is -2.25. The average molecular weight is 405 g/mol. The minimum Gasteiger partial charge on any atom is -0.438 e. The molecule has 2 heterocycles. The highest BCUT2D eigenvalue weighted by Gasteiger charge is 2.13. The van der Waals surface area contributed by atoms with Gasteiger partial charge in [0.2, 0.25) is 11.8 Å². The summed E-state index contributed by atoms with van der Waals surface area (Å²) in [5, 5.41) is 5.72. The number of amides is 1. The lowest BCUT2D eigenvalue weighted by molar-refractivity contribution is 0.0115. The van der Waals surface area contributed by atoms with Crippen LogP contribution in [-0.4, -0.2) is 30.1 Å². The third-order valence-electron chi connectivity index (χ3n) is 5.44. The predicted octanol–water partition coefficient (Wildman–Crippen LogP) is 4.17. The van der Waals surface area contributed by atoms with Crippen LogP contribution >= 0.6 is 0 Å². The molecule has 0 bridgehead atoms. The van der Waals surface area contributed by atoms with Crippen molar-refractivity contribution < 1.29 is 14.3 Å². The van der Waals surface area contributed by atoms with Crippen LogP contribution in [0.4, 0.5) is 0 Å². The fourth-order valence-corrected chi connectivity index (χ4v) is 3.80. The Bertz CT molecular complexity index is 998. The molecule has 0 spiro atoms. The monoisotopic (exact) mass is 405 g/mol. The molecular weight excluding hydrogens is 378 g/mol. The van der Waals surface area contributed by atoms with E-state index in [-0.39, 0.29) is 0 Å². The number of carbonyl (C=O) groups is 1. The Morgan fingerprint density at radius 1 is 1.13 bits per heavy atom. The minimum atomic E-state index is -0.508. The summed E-state index contributed by atoms with van der Waals surface area (Å²) in [7, 11) is 0. The van der Waals surface area contributed by atoms with E-state index in [2.05, 4.69) is 22.4 Å². The molecule has 6 nitrogen and oxygen atoms in total. The molecule has 156 valence electrons. The summed E-state index contributed by atoms with van der Waals surface area (Å²) in [6.45, 7) is 2.63. The lowest BCUT2D eigenvalue weighted by atomic mass is 10.0. The molecule has 2 aromatic carbocycles. The number of primary amides is 1. The van der Waals surface area contributed by atoms with Gasteiger partial charge in [0.25, 0.3) is 0 Å². The molecule has 1 saturated heterocycles. The van der Waals surface area contributed by atoms with Gasteiger partial charge in [-0.3, -0.25) is 4.79 Å². The number of pyridine rings is 1. The fraction of sp³-hybridized carbons (Fsp3) is 0.333. The highest BCUT2D eigenvalue weighted by molar-refractivity contribution is 5.92. The van der Waals surface area contributed by atoms with Gasteiger partial charge in [-0.15, -0.1) is 0 Å². The van der Waals surface area contributed by atoms with E-state index in [1.165, 1.54) is 31.0 Å². The molecule has 30 heavy (non-hydrogen) atoms. The summed E-state index contributed by atoms with van der Waals surface area (Å²) >= 11 is 0. The predicted molar refractivity (Wildman–Crippen MR) is 117 cm³/mol. The first-order chi connectivity index (χ1) is 14.7. The molecule has 1 unspecified atom stereocenters. The van der Waals surface area contributed by atoms with E-state index < -0.39 is 5.91 Å². The van der Waals surface area contributed by atoms with Crippen LogP contribution in [0.1, 0.15) is 41.6 Å². The van der Waals surface area contributed by atoms with Gasteiger partial charge >= 0.3 is 0 Å². The number of rotatable bonds is 8. The quantitative estimate of drug-likeness (QED) is 0.549. The molecule has 3 aromatic rings. The topological polar surface area (TPSA) is 86.5 Å². The van der Waals surface area contributed by atoms with E-state index in [4.69, 9.17) is 15.2 Å². The number of benzene rings is 2. The lowest BCUT2D eigenvalue weighted by Gasteiger charge is -2.22. The highest BCUT2D eigenvalue weighted by Crippen LogP contribution is 2.31. The van der Waals surface area contributed by atoms with Gasteiger partial charge in [0.1, 0.15) is 5.75 Å². The van der Waals surface area contributed by atoms with Crippen LogP contribution in [0.25, 0.3) is 10.8 Å². The number of nitrogens with zero attached hydrogens (tertiary/aromatic N) is 1. The molecule has 1 aromatic heterocycles. The summed E-state index contributed by atoms with van der Waals surface area (Å²) in [5.41, 5.74) is 6.84. The van der Waals surface area contributed by atoms with Gasteiger partial charge in [-0.05, 0) is 55.3 Å². The average Bonchev–Trinajstić information content (AvgIpc) is 2.79. The van der Waals surface area contributed by atoms with Crippen molar-refractivity contribution in [3.8, 4) is 11.6 Å². The maximum Gasteiger partial charge on any atom is 0.250 e. The Balaban J connectivity index is 1.43. The second kappa shape index (κ2) is 9.69. The third-order valence-corrected chi connectivity index (χ3v) is 5.44. The Morgan fingerprint density at radius 3 is 2.73 bits per heavy atom. The Morgan fingerprint density at radius 2 is 2.00 bits per heavy atom. The van der Waals surface area contributed by atoms with Gasteiger partial charge in [-0.2, -0.15) is 0 Å².